The van der Waals surface area contributed by atoms with Gasteiger partial charge in [0.25, 0.3) is 0 Å². The second-order valence-electron chi connectivity index (χ2n) is 8.27. The number of amides is 4. The molecule has 0 aromatic rings. The maximum Gasteiger partial charge on any atom is 0.315 e. The van der Waals surface area contributed by atoms with Gasteiger partial charge in [-0.2, -0.15) is 11.8 Å². The van der Waals surface area contributed by atoms with Crippen molar-refractivity contribution < 1.29 is 29.4 Å². The second-order valence-corrected chi connectivity index (χ2v) is 9.54. The van der Waals surface area contributed by atoms with E-state index in [4.69, 9.17) is 10.2 Å². The van der Waals surface area contributed by atoms with E-state index in [1.807, 2.05) is 18.7 Å². The van der Waals surface area contributed by atoms with Gasteiger partial charge >= 0.3 is 24.0 Å². The van der Waals surface area contributed by atoms with Crippen LogP contribution in [-0.2, 0) is 9.59 Å². The molecule has 0 aromatic heterocycles. The lowest BCUT2D eigenvalue weighted by atomic mass is 10.0. The number of carboxylic acid groups (broad SMARTS) is 2. The molecule has 3 aliphatic rings. The first-order valence-electron chi connectivity index (χ1n) is 11.0. The Morgan fingerprint density at radius 2 is 1.48 bits per heavy atom. The molecule has 3 fully saturated rings. The topological polar surface area (TPSA) is 157 Å². The number of carbonyl (C=O) groups excluding carboxylic acids is 2. The summed E-state index contributed by atoms with van der Waals surface area (Å²) in [5.74, 6) is -0.500. The van der Waals surface area contributed by atoms with Crippen LogP contribution in [0.2, 0.25) is 0 Å². The number of fused-ring (bicyclic) bond motifs is 1. The third kappa shape index (κ3) is 8.84. The summed E-state index contributed by atoms with van der Waals surface area (Å²) in [6, 6.07) is 0.715. The Labute approximate surface area is 186 Å². The number of unbranched alkanes of at least 4 members (excludes halogenated alkanes) is 3. The van der Waals surface area contributed by atoms with Gasteiger partial charge in [0.2, 0.25) is 0 Å². The maximum atomic E-state index is 11.1. The highest BCUT2D eigenvalue weighted by molar-refractivity contribution is 8.00. The zero-order valence-corrected chi connectivity index (χ0v) is 18.7. The summed E-state index contributed by atoms with van der Waals surface area (Å²) in [7, 11) is 0. The van der Waals surface area contributed by atoms with Gasteiger partial charge in [0.1, 0.15) is 0 Å². The average molecular weight is 459 g/mol. The van der Waals surface area contributed by atoms with Crippen molar-refractivity contribution in [1.29, 1.82) is 0 Å². The van der Waals surface area contributed by atoms with Gasteiger partial charge in [-0.05, 0) is 32.6 Å². The van der Waals surface area contributed by atoms with Crippen LogP contribution in [-0.4, -0.2) is 69.4 Å². The van der Waals surface area contributed by atoms with Crippen molar-refractivity contribution in [2.75, 3.05) is 5.75 Å². The van der Waals surface area contributed by atoms with Gasteiger partial charge in [-0.15, -0.1) is 0 Å². The molecule has 4 amide bonds. The van der Waals surface area contributed by atoms with E-state index in [0.717, 1.165) is 50.7 Å². The second kappa shape index (κ2) is 12.6. The first kappa shape index (κ1) is 25.1. The maximum absolute atomic E-state index is 11.1. The van der Waals surface area contributed by atoms with Gasteiger partial charge in [0.15, 0.2) is 0 Å². The Hall–Kier alpha value is -2.17. The fourth-order valence-electron chi connectivity index (χ4n) is 4.05. The van der Waals surface area contributed by atoms with E-state index in [-0.39, 0.29) is 49.1 Å². The van der Waals surface area contributed by atoms with Crippen LogP contribution in [0.5, 0.6) is 0 Å². The zero-order chi connectivity index (χ0) is 22.8. The predicted molar refractivity (Wildman–Crippen MR) is 117 cm³/mol. The fraction of sp³-hybridized carbons (Fsp3) is 0.800. The number of carbonyl (C=O) groups is 4. The highest BCUT2D eigenvalue weighted by Crippen LogP contribution is 2.33. The van der Waals surface area contributed by atoms with Gasteiger partial charge in [0, 0.05) is 29.9 Å². The summed E-state index contributed by atoms with van der Waals surface area (Å²) in [4.78, 5) is 42.6. The van der Waals surface area contributed by atoms with Crippen molar-refractivity contribution in [3.8, 4) is 0 Å². The smallest absolute Gasteiger partial charge is 0.315 e. The van der Waals surface area contributed by atoms with Gasteiger partial charge < -0.3 is 31.5 Å². The number of carboxylic acids is 2. The molecular formula is C20H34N4O6S. The Morgan fingerprint density at radius 1 is 0.871 bits per heavy atom. The number of aliphatic carboxylic acids is 2. The van der Waals surface area contributed by atoms with Crippen molar-refractivity contribution in [2.45, 2.75) is 94.1 Å². The summed E-state index contributed by atoms with van der Waals surface area (Å²) in [5, 5.41) is 28.8. The lowest BCUT2D eigenvalue weighted by Crippen LogP contribution is -2.36. The van der Waals surface area contributed by atoms with Crippen molar-refractivity contribution >= 4 is 35.8 Å². The van der Waals surface area contributed by atoms with Crippen LogP contribution in [0.4, 0.5) is 9.59 Å². The Balaban J connectivity index is 0.000000221. The summed E-state index contributed by atoms with van der Waals surface area (Å²) >= 11 is 1.87. The van der Waals surface area contributed by atoms with E-state index in [1.54, 1.807) is 0 Å². The minimum atomic E-state index is -0.737. The zero-order valence-electron chi connectivity index (χ0n) is 17.9. The summed E-state index contributed by atoms with van der Waals surface area (Å²) in [5.41, 5.74) is 0. The molecule has 3 saturated heterocycles. The number of urea groups is 2. The monoisotopic (exact) mass is 458 g/mol. The third-order valence-electron chi connectivity index (χ3n) is 5.75. The van der Waals surface area contributed by atoms with Crippen LogP contribution in [0.3, 0.4) is 0 Å². The first-order valence-corrected chi connectivity index (χ1v) is 12.0. The van der Waals surface area contributed by atoms with E-state index in [1.165, 1.54) is 0 Å². The van der Waals surface area contributed by atoms with E-state index in [0.29, 0.717) is 5.25 Å². The van der Waals surface area contributed by atoms with E-state index in [9.17, 15) is 19.2 Å². The molecule has 0 saturated carbocycles. The quantitative estimate of drug-likeness (QED) is 0.204. The van der Waals surface area contributed by atoms with Crippen molar-refractivity contribution in [3.63, 3.8) is 0 Å². The molecule has 31 heavy (non-hydrogen) atoms. The highest BCUT2D eigenvalue weighted by atomic mass is 32.2. The normalized spacial score (nSPS) is 28.5. The molecule has 0 radical (unpaired) electrons. The SMILES string of the molecule is C[C@@H]1NC(=O)N[C@@H]1CCCCCC(=O)O.O=C(O)CCCC[C@@H]1SC[C@@H]2NC(=O)N[C@@H]21. The van der Waals surface area contributed by atoms with Crippen LogP contribution in [0.1, 0.15) is 64.7 Å². The number of rotatable bonds is 11. The molecule has 10 nitrogen and oxygen atoms in total. The molecular weight excluding hydrogens is 424 g/mol. The van der Waals surface area contributed by atoms with E-state index < -0.39 is 11.9 Å². The predicted octanol–water partition coefficient (Wildman–Crippen LogP) is 1.89. The lowest BCUT2D eigenvalue weighted by molar-refractivity contribution is -0.138. The standard InChI is InChI=1S/C10H16N2O3S.C10H18N2O3/c13-8(14)4-2-1-3-7-9-6(5-16-7)11-10(15)12-9;1-7-8(12-10(15)11-7)5-3-2-4-6-9(13)14/h6-7,9H,1-5H2,(H,13,14)(H2,11,12,15);7-8H,2-6H2,1H3,(H,13,14)(H2,11,12,15)/t6-,7-,9-;7-,8+/m00/s1. The van der Waals surface area contributed by atoms with Crippen LogP contribution in [0.15, 0.2) is 0 Å². The van der Waals surface area contributed by atoms with Crippen LogP contribution in [0, 0.1) is 0 Å². The van der Waals surface area contributed by atoms with E-state index >= 15 is 0 Å². The van der Waals surface area contributed by atoms with Crippen LogP contribution >= 0.6 is 11.8 Å². The molecule has 11 heteroatoms. The Bertz CT molecular complexity index is 649. The van der Waals surface area contributed by atoms with Crippen molar-refractivity contribution in [3.05, 3.63) is 0 Å². The first-order chi connectivity index (χ1) is 14.8. The minimum Gasteiger partial charge on any atom is -0.481 e. The number of nitrogens with one attached hydrogen (secondary N) is 4. The minimum absolute atomic E-state index is 0.0640. The molecule has 0 unspecified atom stereocenters. The number of hydrogen-bond acceptors (Lipinski definition) is 5. The molecule has 176 valence electrons. The molecule has 5 atom stereocenters. The molecule has 3 heterocycles. The summed E-state index contributed by atoms with van der Waals surface area (Å²) in [6.07, 6.45) is 6.63. The molecule has 0 bridgehead atoms. The van der Waals surface area contributed by atoms with Crippen molar-refractivity contribution in [2.24, 2.45) is 0 Å². The highest BCUT2D eigenvalue weighted by Gasteiger charge is 2.42. The summed E-state index contributed by atoms with van der Waals surface area (Å²) in [6.45, 7) is 1.97. The average Bonchev–Trinajstić information content (AvgIpc) is 3.33. The molecule has 6 N–H and O–H groups in total. The molecule has 0 aliphatic carbocycles. The molecule has 0 aromatic carbocycles. The molecule has 3 rings (SSSR count). The van der Waals surface area contributed by atoms with Gasteiger partial charge in [-0.1, -0.05) is 19.3 Å². The van der Waals surface area contributed by atoms with Gasteiger partial charge in [-0.25, -0.2) is 9.59 Å². The number of thioether (sulfide) groups is 1. The van der Waals surface area contributed by atoms with Crippen LogP contribution < -0.4 is 21.3 Å². The lowest BCUT2D eigenvalue weighted by Gasteiger charge is -2.16. The summed E-state index contributed by atoms with van der Waals surface area (Å²) < 4.78 is 0. The third-order valence-corrected chi connectivity index (χ3v) is 7.26. The van der Waals surface area contributed by atoms with Gasteiger partial charge in [-0.3, -0.25) is 9.59 Å². The van der Waals surface area contributed by atoms with Gasteiger partial charge in [0.05, 0.1) is 18.1 Å². The fourth-order valence-corrected chi connectivity index (χ4v) is 5.59. The number of hydrogen-bond donors (Lipinski definition) is 6. The Kier molecular flexibility index (Phi) is 10.2. The largest absolute Gasteiger partial charge is 0.481 e. The molecule has 0 spiro atoms. The Morgan fingerprint density at radius 3 is 2.10 bits per heavy atom. The van der Waals surface area contributed by atoms with Crippen molar-refractivity contribution in [1.82, 2.24) is 21.3 Å². The van der Waals surface area contributed by atoms with Crippen LogP contribution in [0.25, 0.3) is 0 Å². The van der Waals surface area contributed by atoms with E-state index in [2.05, 4.69) is 21.3 Å². The molecule has 3 aliphatic heterocycles.